The third-order valence-electron chi connectivity index (χ3n) is 3.63. The molecule has 0 amide bonds. The number of rotatable bonds is 2. The first kappa shape index (κ1) is 12.7. The number of phenols is 1. The fraction of sp³-hybridized carbons (Fsp3) is 0.250. The van der Waals surface area contributed by atoms with Crippen LogP contribution in [0.4, 0.5) is 0 Å². The van der Waals surface area contributed by atoms with Gasteiger partial charge in [0.25, 0.3) is 0 Å². The van der Waals surface area contributed by atoms with Crippen molar-refractivity contribution in [3.63, 3.8) is 0 Å². The SMILES string of the molecule is Oc1cc(CN2CCc3ccccc3C2)ccc1Br. The number of hydrogen-bond donors (Lipinski definition) is 1. The molecule has 19 heavy (non-hydrogen) atoms. The molecule has 2 nitrogen and oxygen atoms in total. The van der Waals surface area contributed by atoms with Gasteiger partial charge in [-0.2, -0.15) is 0 Å². The van der Waals surface area contributed by atoms with Gasteiger partial charge in [0.15, 0.2) is 0 Å². The molecule has 0 aliphatic carbocycles. The molecule has 2 aromatic rings. The van der Waals surface area contributed by atoms with Crippen LogP contribution in [-0.4, -0.2) is 16.6 Å². The van der Waals surface area contributed by atoms with Crippen LogP contribution in [0.3, 0.4) is 0 Å². The first-order chi connectivity index (χ1) is 9.22. The first-order valence-corrected chi connectivity index (χ1v) is 7.28. The van der Waals surface area contributed by atoms with Crippen LogP contribution in [0.2, 0.25) is 0 Å². The molecule has 3 rings (SSSR count). The minimum absolute atomic E-state index is 0.315. The molecule has 1 aliphatic rings. The fourth-order valence-electron chi connectivity index (χ4n) is 2.60. The highest BCUT2D eigenvalue weighted by molar-refractivity contribution is 9.10. The third kappa shape index (κ3) is 2.82. The summed E-state index contributed by atoms with van der Waals surface area (Å²) < 4.78 is 0.750. The van der Waals surface area contributed by atoms with Gasteiger partial charge in [0.1, 0.15) is 5.75 Å². The number of phenolic OH excluding ortho intramolecular Hbond substituents is 1. The molecular weight excluding hydrogens is 302 g/mol. The van der Waals surface area contributed by atoms with Gasteiger partial charge in [-0.1, -0.05) is 30.3 Å². The smallest absolute Gasteiger partial charge is 0.130 e. The van der Waals surface area contributed by atoms with E-state index in [1.807, 2.05) is 12.1 Å². The first-order valence-electron chi connectivity index (χ1n) is 6.49. The third-order valence-corrected chi connectivity index (χ3v) is 4.30. The number of fused-ring (bicyclic) bond motifs is 1. The number of nitrogens with zero attached hydrogens (tertiary/aromatic N) is 1. The van der Waals surface area contributed by atoms with Crippen molar-refractivity contribution < 1.29 is 5.11 Å². The number of hydrogen-bond acceptors (Lipinski definition) is 2. The molecule has 0 atom stereocenters. The monoisotopic (exact) mass is 317 g/mol. The van der Waals surface area contributed by atoms with Crippen molar-refractivity contribution in [3.8, 4) is 5.75 Å². The van der Waals surface area contributed by atoms with Crippen molar-refractivity contribution in [2.75, 3.05) is 6.54 Å². The second-order valence-electron chi connectivity index (χ2n) is 5.02. The summed E-state index contributed by atoms with van der Waals surface area (Å²) in [6.07, 6.45) is 1.11. The van der Waals surface area contributed by atoms with Crippen molar-refractivity contribution in [3.05, 3.63) is 63.6 Å². The van der Waals surface area contributed by atoms with Crippen LogP contribution in [0.25, 0.3) is 0 Å². The van der Waals surface area contributed by atoms with E-state index in [-0.39, 0.29) is 0 Å². The lowest BCUT2D eigenvalue weighted by atomic mass is 9.99. The maximum Gasteiger partial charge on any atom is 0.130 e. The largest absolute Gasteiger partial charge is 0.507 e. The summed E-state index contributed by atoms with van der Waals surface area (Å²) in [5, 5.41) is 9.72. The maximum absolute atomic E-state index is 9.72. The van der Waals surface area contributed by atoms with Gasteiger partial charge in [-0.15, -0.1) is 0 Å². The van der Waals surface area contributed by atoms with Crippen LogP contribution in [0, 0.1) is 0 Å². The molecule has 0 fully saturated rings. The Morgan fingerprint density at radius 2 is 1.89 bits per heavy atom. The second kappa shape index (κ2) is 5.35. The van der Waals surface area contributed by atoms with Crippen molar-refractivity contribution in [1.82, 2.24) is 4.90 Å². The van der Waals surface area contributed by atoms with E-state index in [0.29, 0.717) is 5.75 Å². The molecule has 3 heteroatoms. The molecule has 0 radical (unpaired) electrons. The summed E-state index contributed by atoms with van der Waals surface area (Å²) in [5.74, 6) is 0.315. The molecule has 0 unspecified atom stereocenters. The molecule has 1 N–H and O–H groups in total. The highest BCUT2D eigenvalue weighted by Crippen LogP contribution is 2.26. The molecule has 0 bridgehead atoms. The number of benzene rings is 2. The fourth-order valence-corrected chi connectivity index (χ4v) is 2.85. The van der Waals surface area contributed by atoms with Gasteiger partial charge in [-0.05, 0) is 51.2 Å². The van der Waals surface area contributed by atoms with Gasteiger partial charge >= 0.3 is 0 Å². The van der Waals surface area contributed by atoms with E-state index in [2.05, 4.69) is 51.2 Å². The Labute approximate surface area is 121 Å². The Morgan fingerprint density at radius 1 is 1.11 bits per heavy atom. The number of halogens is 1. The Hall–Kier alpha value is -1.32. The zero-order valence-corrected chi connectivity index (χ0v) is 12.2. The van der Waals surface area contributed by atoms with Crippen molar-refractivity contribution in [1.29, 1.82) is 0 Å². The standard InChI is InChI=1S/C16H16BrNO/c17-15-6-5-12(9-16(15)19)10-18-8-7-13-3-1-2-4-14(13)11-18/h1-6,9,19H,7-8,10-11H2. The lowest BCUT2D eigenvalue weighted by molar-refractivity contribution is 0.245. The second-order valence-corrected chi connectivity index (χ2v) is 5.87. The van der Waals surface area contributed by atoms with E-state index in [0.717, 1.165) is 36.1 Å². The van der Waals surface area contributed by atoms with Crippen LogP contribution in [0.15, 0.2) is 46.9 Å². The quantitative estimate of drug-likeness (QED) is 0.912. The minimum Gasteiger partial charge on any atom is -0.507 e. The van der Waals surface area contributed by atoms with Gasteiger partial charge < -0.3 is 5.11 Å². The molecule has 0 aromatic heterocycles. The zero-order valence-electron chi connectivity index (χ0n) is 10.6. The van der Waals surface area contributed by atoms with Crippen molar-refractivity contribution in [2.24, 2.45) is 0 Å². The summed E-state index contributed by atoms with van der Waals surface area (Å²) in [6.45, 7) is 2.95. The molecule has 1 heterocycles. The molecule has 0 spiro atoms. The Morgan fingerprint density at radius 3 is 2.68 bits per heavy atom. The minimum atomic E-state index is 0.315. The summed E-state index contributed by atoms with van der Waals surface area (Å²) in [7, 11) is 0. The van der Waals surface area contributed by atoms with Crippen LogP contribution in [0.5, 0.6) is 5.75 Å². The molecule has 2 aromatic carbocycles. The molecule has 98 valence electrons. The van der Waals surface area contributed by atoms with Gasteiger partial charge in [0.2, 0.25) is 0 Å². The summed E-state index contributed by atoms with van der Waals surface area (Å²) in [5.41, 5.74) is 4.05. The van der Waals surface area contributed by atoms with Crippen LogP contribution < -0.4 is 0 Å². The highest BCUT2D eigenvalue weighted by Gasteiger charge is 2.15. The normalized spacial score (nSPS) is 15.2. The predicted molar refractivity (Wildman–Crippen MR) is 80.1 cm³/mol. The number of aromatic hydroxyl groups is 1. The Kier molecular flexibility index (Phi) is 3.58. The lowest BCUT2D eigenvalue weighted by Crippen LogP contribution is -2.29. The van der Waals surface area contributed by atoms with E-state index in [4.69, 9.17) is 0 Å². The maximum atomic E-state index is 9.72. The lowest BCUT2D eigenvalue weighted by Gasteiger charge is -2.28. The van der Waals surface area contributed by atoms with Gasteiger partial charge in [-0.25, -0.2) is 0 Å². The molecule has 0 saturated heterocycles. The van der Waals surface area contributed by atoms with Crippen LogP contribution in [-0.2, 0) is 19.5 Å². The van der Waals surface area contributed by atoms with E-state index in [1.54, 1.807) is 0 Å². The predicted octanol–water partition coefficient (Wildman–Crippen LogP) is 3.71. The van der Waals surface area contributed by atoms with E-state index < -0.39 is 0 Å². The highest BCUT2D eigenvalue weighted by atomic mass is 79.9. The average molecular weight is 318 g/mol. The Bertz CT molecular complexity index is 597. The summed E-state index contributed by atoms with van der Waals surface area (Å²) in [6, 6.07) is 14.4. The topological polar surface area (TPSA) is 23.5 Å². The van der Waals surface area contributed by atoms with E-state index >= 15 is 0 Å². The average Bonchev–Trinajstić information content (AvgIpc) is 2.43. The van der Waals surface area contributed by atoms with Gasteiger partial charge in [0, 0.05) is 19.6 Å². The van der Waals surface area contributed by atoms with Gasteiger partial charge in [-0.3, -0.25) is 4.90 Å². The molecule has 0 saturated carbocycles. The summed E-state index contributed by atoms with van der Waals surface area (Å²) in [4.78, 5) is 2.42. The van der Waals surface area contributed by atoms with Crippen molar-refractivity contribution >= 4 is 15.9 Å². The van der Waals surface area contributed by atoms with Crippen LogP contribution in [0.1, 0.15) is 16.7 Å². The van der Waals surface area contributed by atoms with Gasteiger partial charge in [0.05, 0.1) is 4.47 Å². The zero-order chi connectivity index (χ0) is 13.2. The summed E-state index contributed by atoms with van der Waals surface area (Å²) >= 11 is 3.31. The van der Waals surface area contributed by atoms with E-state index in [1.165, 1.54) is 11.1 Å². The Balaban J connectivity index is 1.73. The molecule has 1 aliphatic heterocycles. The molecular formula is C16H16BrNO. The van der Waals surface area contributed by atoms with Crippen molar-refractivity contribution in [2.45, 2.75) is 19.5 Å². The van der Waals surface area contributed by atoms with Crippen LogP contribution >= 0.6 is 15.9 Å². The van der Waals surface area contributed by atoms with E-state index in [9.17, 15) is 5.11 Å².